The van der Waals surface area contributed by atoms with Gasteiger partial charge in [-0.1, -0.05) is 0 Å². The van der Waals surface area contributed by atoms with Crippen LogP contribution < -0.4 is 9.64 Å². The molecule has 0 radical (unpaired) electrons. The second-order valence-electron chi connectivity index (χ2n) is 8.14. The lowest BCUT2D eigenvalue weighted by Crippen LogP contribution is -2.47. The zero-order chi connectivity index (χ0) is 20.4. The molecule has 154 valence electrons. The van der Waals surface area contributed by atoms with E-state index >= 15 is 0 Å². The van der Waals surface area contributed by atoms with Crippen molar-refractivity contribution in [2.24, 2.45) is 11.3 Å². The van der Waals surface area contributed by atoms with Crippen molar-refractivity contribution in [1.82, 2.24) is 14.9 Å². The van der Waals surface area contributed by atoms with Crippen LogP contribution in [0.2, 0.25) is 0 Å². The molecule has 2 aliphatic heterocycles. The van der Waals surface area contributed by atoms with Crippen LogP contribution in [0.25, 0.3) is 0 Å². The first-order chi connectivity index (χ1) is 14.1. The molecule has 0 saturated carbocycles. The number of carbonyl (C=O) groups excluding carboxylic acids is 1. The first-order valence-corrected chi connectivity index (χ1v) is 10.1. The Morgan fingerprint density at radius 3 is 2.62 bits per heavy atom. The summed E-state index contributed by atoms with van der Waals surface area (Å²) in [5.74, 6) is 1.72. The van der Waals surface area contributed by atoms with Gasteiger partial charge in [0.05, 0.1) is 7.11 Å². The molecule has 1 aromatic heterocycles. The number of carbonyl (C=O) groups is 1. The number of hydrogen-bond donors (Lipinski definition) is 1. The summed E-state index contributed by atoms with van der Waals surface area (Å²) >= 11 is 0. The largest absolute Gasteiger partial charge is 0.497 e. The highest BCUT2D eigenvalue weighted by Gasteiger charge is 2.48. The summed E-state index contributed by atoms with van der Waals surface area (Å²) in [6, 6.07) is 7.39. The predicted molar refractivity (Wildman–Crippen MR) is 110 cm³/mol. The standard InChI is InChI=1S/C22H28N4O3/c1-16-12-18(29-2)4-5-19(16)20(28)25-10-6-22(7-11-25)15-26(13-17(22)14-27)21-23-8-3-9-24-21/h3-5,8-9,12,17,27H,6-7,10-11,13-15H2,1-2H3. The van der Waals surface area contributed by atoms with Gasteiger partial charge in [-0.3, -0.25) is 4.79 Å². The van der Waals surface area contributed by atoms with Crippen molar-refractivity contribution in [3.63, 3.8) is 0 Å². The Hall–Kier alpha value is -2.67. The molecule has 0 bridgehead atoms. The van der Waals surface area contributed by atoms with E-state index in [1.54, 1.807) is 19.5 Å². The molecule has 2 saturated heterocycles. The van der Waals surface area contributed by atoms with E-state index < -0.39 is 0 Å². The Kier molecular flexibility index (Phi) is 5.41. The molecule has 29 heavy (non-hydrogen) atoms. The molecule has 1 aromatic carbocycles. The minimum absolute atomic E-state index is 0.000313. The van der Waals surface area contributed by atoms with Crippen molar-refractivity contribution >= 4 is 11.9 Å². The number of likely N-dealkylation sites (tertiary alicyclic amines) is 1. The van der Waals surface area contributed by atoms with E-state index in [9.17, 15) is 9.90 Å². The zero-order valence-corrected chi connectivity index (χ0v) is 17.0. The first kappa shape index (κ1) is 19.6. The molecule has 3 heterocycles. The van der Waals surface area contributed by atoms with E-state index in [0.717, 1.165) is 48.8 Å². The fourth-order valence-electron chi connectivity index (χ4n) is 4.79. The van der Waals surface area contributed by atoms with Gasteiger partial charge in [-0.2, -0.15) is 0 Å². The highest BCUT2D eigenvalue weighted by atomic mass is 16.5. The van der Waals surface area contributed by atoms with E-state index in [1.807, 2.05) is 36.1 Å². The maximum absolute atomic E-state index is 13.1. The Bertz CT molecular complexity index is 866. The number of aromatic nitrogens is 2. The third kappa shape index (κ3) is 3.67. The number of ether oxygens (including phenoxy) is 1. The number of amides is 1. The lowest BCUT2D eigenvalue weighted by molar-refractivity contribution is 0.0415. The monoisotopic (exact) mass is 396 g/mol. The van der Waals surface area contributed by atoms with Gasteiger partial charge in [0.1, 0.15) is 5.75 Å². The van der Waals surface area contributed by atoms with Gasteiger partial charge in [0.15, 0.2) is 0 Å². The maximum Gasteiger partial charge on any atom is 0.254 e. The van der Waals surface area contributed by atoms with Gasteiger partial charge in [0.25, 0.3) is 5.91 Å². The predicted octanol–water partition coefficient (Wildman–Crippen LogP) is 2.14. The van der Waals surface area contributed by atoms with Gasteiger partial charge in [0, 0.05) is 56.7 Å². The number of aliphatic hydroxyl groups excluding tert-OH is 1. The van der Waals surface area contributed by atoms with Crippen LogP contribution in [0.15, 0.2) is 36.7 Å². The summed E-state index contributed by atoms with van der Waals surface area (Å²) in [6.07, 6.45) is 5.25. The summed E-state index contributed by atoms with van der Waals surface area (Å²) in [5, 5.41) is 10.0. The van der Waals surface area contributed by atoms with Gasteiger partial charge < -0.3 is 19.6 Å². The summed E-state index contributed by atoms with van der Waals surface area (Å²) in [7, 11) is 1.63. The van der Waals surface area contributed by atoms with Crippen molar-refractivity contribution in [2.75, 3.05) is 44.8 Å². The summed E-state index contributed by atoms with van der Waals surface area (Å²) < 4.78 is 5.25. The Morgan fingerprint density at radius 2 is 2.00 bits per heavy atom. The molecule has 1 unspecified atom stereocenters. The van der Waals surface area contributed by atoms with Gasteiger partial charge in [0.2, 0.25) is 5.95 Å². The average Bonchev–Trinajstić information content (AvgIpc) is 3.12. The fraction of sp³-hybridized carbons (Fsp3) is 0.500. The second-order valence-corrected chi connectivity index (χ2v) is 8.14. The summed E-state index contributed by atoms with van der Waals surface area (Å²) in [4.78, 5) is 25.9. The number of aliphatic hydroxyl groups is 1. The normalized spacial score (nSPS) is 20.9. The number of aryl methyl sites for hydroxylation is 1. The number of hydrogen-bond acceptors (Lipinski definition) is 6. The van der Waals surface area contributed by atoms with E-state index in [2.05, 4.69) is 14.9 Å². The first-order valence-electron chi connectivity index (χ1n) is 10.1. The van der Waals surface area contributed by atoms with Crippen molar-refractivity contribution in [3.8, 4) is 5.75 Å². The molecular weight excluding hydrogens is 368 g/mol. The Morgan fingerprint density at radius 1 is 1.28 bits per heavy atom. The summed E-state index contributed by atoms with van der Waals surface area (Å²) in [6.45, 7) is 5.07. The highest BCUT2D eigenvalue weighted by molar-refractivity contribution is 5.95. The van der Waals surface area contributed by atoms with Crippen LogP contribution in [0, 0.1) is 18.3 Å². The second kappa shape index (κ2) is 7.99. The number of anilines is 1. The fourth-order valence-corrected chi connectivity index (χ4v) is 4.79. The van der Waals surface area contributed by atoms with Crippen LogP contribution >= 0.6 is 0 Å². The molecule has 2 aromatic rings. The van der Waals surface area contributed by atoms with Crippen LogP contribution in [0.3, 0.4) is 0 Å². The smallest absolute Gasteiger partial charge is 0.254 e. The van der Waals surface area contributed by atoms with Gasteiger partial charge in [-0.15, -0.1) is 0 Å². The van der Waals surface area contributed by atoms with Crippen LogP contribution in [-0.2, 0) is 0 Å². The van der Waals surface area contributed by atoms with E-state index in [0.29, 0.717) is 13.1 Å². The molecule has 2 fully saturated rings. The van der Waals surface area contributed by atoms with E-state index in [1.165, 1.54) is 0 Å². The number of methoxy groups -OCH3 is 1. The molecule has 1 N–H and O–H groups in total. The Balaban J connectivity index is 1.46. The third-order valence-electron chi connectivity index (χ3n) is 6.58. The lowest BCUT2D eigenvalue weighted by Gasteiger charge is -2.42. The van der Waals surface area contributed by atoms with Crippen LogP contribution in [0.5, 0.6) is 5.75 Å². The van der Waals surface area contributed by atoms with Crippen molar-refractivity contribution < 1.29 is 14.6 Å². The lowest BCUT2D eigenvalue weighted by atomic mass is 9.71. The quantitative estimate of drug-likeness (QED) is 0.853. The van der Waals surface area contributed by atoms with Gasteiger partial charge in [-0.05, 0) is 55.0 Å². The van der Waals surface area contributed by atoms with Crippen LogP contribution in [0.4, 0.5) is 5.95 Å². The number of piperidine rings is 1. The van der Waals surface area contributed by atoms with Crippen molar-refractivity contribution in [1.29, 1.82) is 0 Å². The third-order valence-corrected chi connectivity index (χ3v) is 6.58. The summed E-state index contributed by atoms with van der Waals surface area (Å²) in [5.41, 5.74) is 1.65. The molecule has 1 spiro atoms. The molecule has 7 nitrogen and oxygen atoms in total. The molecule has 4 rings (SSSR count). The maximum atomic E-state index is 13.1. The van der Waals surface area contributed by atoms with Crippen LogP contribution in [-0.4, -0.2) is 65.8 Å². The minimum atomic E-state index is -0.000313. The average molecular weight is 396 g/mol. The van der Waals surface area contributed by atoms with Gasteiger partial charge in [-0.25, -0.2) is 9.97 Å². The van der Waals surface area contributed by atoms with E-state index in [4.69, 9.17) is 4.74 Å². The molecular formula is C22H28N4O3. The molecule has 0 aliphatic carbocycles. The topological polar surface area (TPSA) is 78.8 Å². The van der Waals surface area contributed by atoms with Crippen molar-refractivity contribution in [2.45, 2.75) is 19.8 Å². The van der Waals surface area contributed by atoms with Gasteiger partial charge >= 0.3 is 0 Å². The highest BCUT2D eigenvalue weighted by Crippen LogP contribution is 2.45. The Labute approximate surface area is 171 Å². The zero-order valence-electron chi connectivity index (χ0n) is 17.0. The molecule has 1 atom stereocenters. The number of rotatable bonds is 4. The van der Waals surface area contributed by atoms with Crippen molar-refractivity contribution in [3.05, 3.63) is 47.8 Å². The SMILES string of the molecule is COc1ccc(C(=O)N2CCC3(CC2)CN(c2ncccn2)CC3CO)c(C)c1. The number of nitrogens with zero attached hydrogens (tertiary/aromatic N) is 4. The molecule has 1 amide bonds. The molecule has 2 aliphatic rings. The van der Waals surface area contributed by atoms with Crippen LogP contribution in [0.1, 0.15) is 28.8 Å². The number of benzene rings is 1. The minimum Gasteiger partial charge on any atom is -0.497 e. The molecule has 7 heteroatoms. The van der Waals surface area contributed by atoms with E-state index in [-0.39, 0.29) is 23.8 Å².